The van der Waals surface area contributed by atoms with E-state index in [1.165, 1.54) is 12.1 Å². The van der Waals surface area contributed by atoms with Gasteiger partial charge in [0.05, 0.1) is 6.10 Å². The summed E-state index contributed by atoms with van der Waals surface area (Å²) in [5.74, 6) is 1.22. The average Bonchev–Trinajstić information content (AvgIpc) is 3.21. The highest BCUT2D eigenvalue weighted by atomic mass is 16.5. The zero-order valence-corrected chi connectivity index (χ0v) is 15.4. The maximum Gasteiger partial charge on any atom is 0.319 e. The fourth-order valence-electron chi connectivity index (χ4n) is 4.85. The average molecular weight is 343 g/mol. The van der Waals surface area contributed by atoms with Crippen LogP contribution in [-0.4, -0.2) is 37.9 Å². The smallest absolute Gasteiger partial charge is 0.319 e. The maximum absolute atomic E-state index is 12.4. The fraction of sp³-hybridized carbons (Fsp3) is 0.650. The number of carbonyl (C=O) groups excluding carboxylic acids is 1. The van der Waals surface area contributed by atoms with Crippen LogP contribution in [0.2, 0.25) is 0 Å². The minimum absolute atomic E-state index is 0.00874. The van der Waals surface area contributed by atoms with Crippen molar-refractivity contribution in [2.45, 2.75) is 45.8 Å². The molecule has 4 atom stereocenters. The Morgan fingerprint density at radius 2 is 2.00 bits per heavy atom. The van der Waals surface area contributed by atoms with E-state index in [0.717, 1.165) is 37.7 Å². The van der Waals surface area contributed by atoms with Crippen molar-refractivity contribution < 1.29 is 9.53 Å². The number of ether oxygens (including phenoxy) is 1. The van der Waals surface area contributed by atoms with Crippen LogP contribution in [0.3, 0.4) is 0 Å². The number of hydrogen-bond donors (Lipinski definition) is 2. The highest BCUT2D eigenvalue weighted by Gasteiger charge is 2.59. The van der Waals surface area contributed by atoms with E-state index in [2.05, 4.69) is 48.4 Å². The second-order valence-electron chi connectivity index (χ2n) is 8.53. The van der Waals surface area contributed by atoms with Gasteiger partial charge in [0.25, 0.3) is 0 Å². The summed E-state index contributed by atoms with van der Waals surface area (Å²) >= 11 is 0. The number of anilines is 2. The molecule has 5 nitrogen and oxygen atoms in total. The Morgan fingerprint density at radius 3 is 2.68 bits per heavy atom. The van der Waals surface area contributed by atoms with E-state index >= 15 is 0 Å². The second-order valence-corrected chi connectivity index (χ2v) is 8.53. The minimum atomic E-state index is -0.119. The lowest BCUT2D eigenvalue weighted by Gasteiger charge is -2.54. The highest BCUT2D eigenvalue weighted by Crippen LogP contribution is 2.52. The number of rotatable bonds is 3. The van der Waals surface area contributed by atoms with Crippen LogP contribution in [0.25, 0.3) is 0 Å². The van der Waals surface area contributed by atoms with E-state index in [1.807, 2.05) is 12.1 Å². The number of urea groups is 1. The molecular formula is C20H29N3O2. The van der Waals surface area contributed by atoms with Crippen molar-refractivity contribution in [2.24, 2.45) is 17.3 Å². The maximum atomic E-state index is 12.4. The molecule has 3 aliphatic rings. The Kier molecular flexibility index (Phi) is 4.14. The van der Waals surface area contributed by atoms with Gasteiger partial charge in [-0.25, -0.2) is 4.79 Å². The first-order valence-electron chi connectivity index (χ1n) is 9.49. The van der Waals surface area contributed by atoms with E-state index in [0.29, 0.717) is 12.0 Å². The lowest BCUT2D eigenvalue weighted by atomic mass is 9.57. The number of nitrogens with one attached hydrogen (secondary N) is 2. The first-order chi connectivity index (χ1) is 11.9. The van der Waals surface area contributed by atoms with Gasteiger partial charge in [0, 0.05) is 48.4 Å². The third-order valence-electron chi connectivity index (χ3n) is 6.30. The van der Waals surface area contributed by atoms with Gasteiger partial charge in [0.1, 0.15) is 0 Å². The third-order valence-corrected chi connectivity index (χ3v) is 6.30. The predicted molar refractivity (Wildman–Crippen MR) is 100 cm³/mol. The standard InChI is InChI=1S/C20H29N3O2/c1-13-8-10-23(12-13)15-6-4-14(5-7-15)21-19(24)22-17-16-9-11-25-18(16)20(17,2)3/h4-7,13,16-18H,8-12H2,1-3H3,(H2,21,22,24)/t13-,16-,17-,18-/m1/s1. The minimum Gasteiger partial charge on any atom is -0.377 e. The van der Waals surface area contributed by atoms with Gasteiger partial charge >= 0.3 is 6.03 Å². The summed E-state index contributed by atoms with van der Waals surface area (Å²) in [5, 5.41) is 6.14. The molecule has 5 heteroatoms. The van der Waals surface area contributed by atoms with Crippen molar-refractivity contribution in [3.8, 4) is 0 Å². The van der Waals surface area contributed by atoms with Gasteiger partial charge in [-0.3, -0.25) is 0 Å². The molecule has 0 radical (unpaired) electrons. The predicted octanol–water partition coefficient (Wildman–Crippen LogP) is 3.47. The van der Waals surface area contributed by atoms with Crippen LogP contribution in [-0.2, 0) is 4.74 Å². The van der Waals surface area contributed by atoms with Crippen molar-refractivity contribution in [3.63, 3.8) is 0 Å². The Labute approximate surface area is 150 Å². The third kappa shape index (κ3) is 2.99. The molecular weight excluding hydrogens is 314 g/mol. The molecule has 2 aliphatic heterocycles. The van der Waals surface area contributed by atoms with Gasteiger partial charge < -0.3 is 20.3 Å². The van der Waals surface area contributed by atoms with E-state index < -0.39 is 0 Å². The molecule has 0 spiro atoms. The Morgan fingerprint density at radius 1 is 1.24 bits per heavy atom. The SMILES string of the molecule is C[C@@H]1CCN(c2ccc(NC(=O)N[C@@H]3[C@H]4CCO[C@H]4C3(C)C)cc2)C1. The monoisotopic (exact) mass is 343 g/mol. The normalized spacial score (nSPS) is 32.8. The largest absolute Gasteiger partial charge is 0.377 e. The number of fused-ring (bicyclic) bond motifs is 1. The molecule has 1 aromatic rings. The molecule has 1 aliphatic carbocycles. The van der Waals surface area contributed by atoms with Crippen LogP contribution in [0.4, 0.5) is 16.2 Å². The van der Waals surface area contributed by atoms with E-state index in [1.54, 1.807) is 0 Å². The Bertz CT molecular complexity index is 643. The van der Waals surface area contributed by atoms with Gasteiger partial charge in [-0.05, 0) is 43.0 Å². The van der Waals surface area contributed by atoms with E-state index in [-0.39, 0.29) is 17.5 Å². The molecule has 25 heavy (non-hydrogen) atoms. The van der Waals surface area contributed by atoms with Crippen molar-refractivity contribution in [2.75, 3.05) is 29.9 Å². The fourth-order valence-corrected chi connectivity index (χ4v) is 4.85. The van der Waals surface area contributed by atoms with Crippen molar-refractivity contribution in [3.05, 3.63) is 24.3 Å². The van der Waals surface area contributed by atoms with Gasteiger partial charge in [-0.1, -0.05) is 20.8 Å². The zero-order chi connectivity index (χ0) is 17.6. The molecule has 0 aromatic heterocycles. The molecule has 0 unspecified atom stereocenters. The summed E-state index contributed by atoms with van der Waals surface area (Å²) in [5.41, 5.74) is 2.08. The first-order valence-corrected chi connectivity index (χ1v) is 9.49. The van der Waals surface area contributed by atoms with E-state index in [4.69, 9.17) is 4.74 Å². The summed E-state index contributed by atoms with van der Waals surface area (Å²) in [7, 11) is 0. The highest BCUT2D eigenvalue weighted by molar-refractivity contribution is 5.89. The zero-order valence-electron chi connectivity index (χ0n) is 15.4. The summed E-state index contributed by atoms with van der Waals surface area (Å²) in [6.45, 7) is 9.70. The topological polar surface area (TPSA) is 53.6 Å². The van der Waals surface area contributed by atoms with Crippen molar-refractivity contribution >= 4 is 17.4 Å². The lowest BCUT2D eigenvalue weighted by molar-refractivity contribution is -0.107. The van der Waals surface area contributed by atoms with Crippen LogP contribution in [0.15, 0.2) is 24.3 Å². The van der Waals surface area contributed by atoms with Crippen LogP contribution in [0.1, 0.15) is 33.6 Å². The lowest BCUT2D eigenvalue weighted by Crippen LogP contribution is -2.67. The molecule has 1 saturated carbocycles. The van der Waals surface area contributed by atoms with E-state index in [9.17, 15) is 4.79 Å². The Balaban J connectivity index is 1.33. The molecule has 0 bridgehead atoms. The van der Waals surface area contributed by atoms with Gasteiger partial charge in [-0.15, -0.1) is 0 Å². The van der Waals surface area contributed by atoms with Gasteiger partial charge in [0.15, 0.2) is 0 Å². The molecule has 2 saturated heterocycles. The second kappa shape index (κ2) is 6.20. The first kappa shape index (κ1) is 16.7. The van der Waals surface area contributed by atoms with Gasteiger partial charge in [0.2, 0.25) is 0 Å². The number of nitrogens with zero attached hydrogens (tertiary/aromatic N) is 1. The van der Waals surface area contributed by atoms with Crippen LogP contribution < -0.4 is 15.5 Å². The Hall–Kier alpha value is -1.75. The number of benzene rings is 1. The quantitative estimate of drug-likeness (QED) is 0.884. The number of carbonyl (C=O) groups is 1. The molecule has 1 aromatic carbocycles. The van der Waals surface area contributed by atoms with Crippen molar-refractivity contribution in [1.82, 2.24) is 5.32 Å². The summed E-state index contributed by atoms with van der Waals surface area (Å²) in [4.78, 5) is 14.8. The van der Waals surface area contributed by atoms with Crippen molar-refractivity contribution in [1.29, 1.82) is 0 Å². The molecule has 4 rings (SSSR count). The van der Waals surface area contributed by atoms with Crippen LogP contribution in [0, 0.1) is 17.3 Å². The molecule has 2 heterocycles. The summed E-state index contributed by atoms with van der Waals surface area (Å²) in [6.07, 6.45) is 2.59. The summed E-state index contributed by atoms with van der Waals surface area (Å²) in [6, 6.07) is 8.25. The molecule has 136 valence electrons. The molecule has 2 N–H and O–H groups in total. The van der Waals surface area contributed by atoms with Crippen LogP contribution in [0.5, 0.6) is 0 Å². The molecule has 2 amide bonds. The summed E-state index contributed by atoms with van der Waals surface area (Å²) < 4.78 is 5.79. The van der Waals surface area contributed by atoms with Crippen LogP contribution >= 0.6 is 0 Å². The molecule has 3 fully saturated rings. The van der Waals surface area contributed by atoms with Gasteiger partial charge in [-0.2, -0.15) is 0 Å². The number of amides is 2. The number of hydrogen-bond acceptors (Lipinski definition) is 3.